The number of fused-ring (bicyclic) bond motifs is 1. The van der Waals surface area contributed by atoms with E-state index in [2.05, 4.69) is 20.3 Å². The summed E-state index contributed by atoms with van der Waals surface area (Å²) in [4.78, 5) is 25.8. The molecule has 0 saturated carbocycles. The highest BCUT2D eigenvalue weighted by Crippen LogP contribution is 2.24. The van der Waals surface area contributed by atoms with Crippen molar-refractivity contribution >= 4 is 34.9 Å². The number of benzodiazepines with no additional fused rings is 1. The van der Waals surface area contributed by atoms with E-state index in [0.717, 1.165) is 29.7 Å². The molecule has 4 rings (SSSR count). The van der Waals surface area contributed by atoms with Gasteiger partial charge >= 0.3 is 0 Å². The number of amidine groups is 1. The number of anilines is 1. The number of allylic oxidation sites excluding steroid dienone is 1. The second-order valence-corrected chi connectivity index (χ2v) is 7.13. The van der Waals surface area contributed by atoms with E-state index in [4.69, 9.17) is 15.9 Å². The minimum absolute atomic E-state index is 0.218. The Hall–Kier alpha value is -4.07. The molecular formula is C23H22N6O2. The van der Waals surface area contributed by atoms with Gasteiger partial charge in [-0.2, -0.15) is 4.99 Å². The first-order chi connectivity index (χ1) is 15.0. The molecule has 2 aromatic rings. The summed E-state index contributed by atoms with van der Waals surface area (Å²) in [6.45, 7) is 1.89. The summed E-state index contributed by atoms with van der Waals surface area (Å²) in [7, 11) is 0. The average molecular weight is 414 g/mol. The van der Waals surface area contributed by atoms with Gasteiger partial charge in [-0.15, -0.1) is 0 Å². The number of rotatable bonds is 3. The van der Waals surface area contributed by atoms with Crippen LogP contribution in [0.2, 0.25) is 0 Å². The van der Waals surface area contributed by atoms with E-state index < -0.39 is 12.1 Å². The second-order valence-electron chi connectivity index (χ2n) is 7.13. The van der Waals surface area contributed by atoms with Gasteiger partial charge in [-0.1, -0.05) is 54.6 Å². The smallest absolute Gasteiger partial charge is 0.291 e. The minimum atomic E-state index is -1.17. The third-order valence-corrected chi connectivity index (χ3v) is 4.82. The molecule has 2 aliphatic heterocycles. The Labute approximate surface area is 179 Å². The van der Waals surface area contributed by atoms with Crippen LogP contribution in [0.5, 0.6) is 0 Å². The summed E-state index contributed by atoms with van der Waals surface area (Å²) < 4.78 is 5.33. The van der Waals surface area contributed by atoms with Crippen molar-refractivity contribution in [2.24, 2.45) is 20.7 Å². The number of nitrogens with one attached hydrogen (secondary N) is 2. The van der Waals surface area contributed by atoms with Crippen molar-refractivity contribution in [3.8, 4) is 0 Å². The zero-order valence-electron chi connectivity index (χ0n) is 17.0. The van der Waals surface area contributed by atoms with Crippen LogP contribution in [0.3, 0.4) is 0 Å². The maximum absolute atomic E-state index is 12.8. The molecule has 2 aliphatic rings. The van der Waals surface area contributed by atoms with Crippen molar-refractivity contribution in [2.75, 3.05) is 5.32 Å². The normalized spacial score (nSPS) is 18.6. The summed E-state index contributed by atoms with van der Waals surface area (Å²) in [6.07, 6.45) is 2.27. The summed E-state index contributed by atoms with van der Waals surface area (Å²) >= 11 is 0. The Morgan fingerprint density at radius 2 is 1.94 bits per heavy atom. The zero-order valence-corrected chi connectivity index (χ0v) is 17.0. The van der Waals surface area contributed by atoms with E-state index in [9.17, 15) is 4.79 Å². The molecule has 31 heavy (non-hydrogen) atoms. The summed E-state index contributed by atoms with van der Waals surface area (Å²) in [5.41, 5.74) is 10.1. The molecule has 0 spiro atoms. The van der Waals surface area contributed by atoms with Crippen LogP contribution in [0.15, 0.2) is 81.3 Å². The first kappa shape index (κ1) is 20.2. The quantitative estimate of drug-likeness (QED) is 0.527. The fourth-order valence-electron chi connectivity index (χ4n) is 3.33. The summed E-state index contributed by atoms with van der Waals surface area (Å²) in [6, 6.07) is 16.6. The van der Waals surface area contributed by atoms with Gasteiger partial charge in [0, 0.05) is 16.8 Å². The molecule has 4 N–H and O–H groups in total. The van der Waals surface area contributed by atoms with Crippen LogP contribution in [0.25, 0.3) is 0 Å². The summed E-state index contributed by atoms with van der Waals surface area (Å²) in [5, 5.41) is 10.9. The highest BCUT2D eigenvalue weighted by atomic mass is 16.5. The van der Waals surface area contributed by atoms with Gasteiger partial charge in [0.1, 0.15) is 5.70 Å². The van der Waals surface area contributed by atoms with Gasteiger partial charge in [0.05, 0.1) is 11.4 Å². The summed E-state index contributed by atoms with van der Waals surface area (Å²) in [5.74, 6) is -0.660. The topological polar surface area (TPSA) is 125 Å². The Balaban J connectivity index is 1.65. The molecular weight excluding hydrogens is 392 g/mol. The lowest BCUT2D eigenvalue weighted by atomic mass is 10.0. The molecule has 0 radical (unpaired) electrons. The first-order valence-electron chi connectivity index (χ1n) is 9.89. The number of hydrogen-bond donors (Lipinski definition) is 3. The maximum Gasteiger partial charge on any atom is 0.291 e. The van der Waals surface area contributed by atoms with Gasteiger partial charge in [0.2, 0.25) is 12.1 Å². The van der Waals surface area contributed by atoms with Crippen LogP contribution < -0.4 is 11.1 Å². The Kier molecular flexibility index (Phi) is 5.70. The zero-order chi connectivity index (χ0) is 21.8. The molecule has 2 heterocycles. The fraction of sp³-hybridized carbons (Fsp3) is 0.174. The van der Waals surface area contributed by atoms with E-state index in [1.807, 2.05) is 67.6 Å². The lowest BCUT2D eigenvalue weighted by Crippen LogP contribution is -2.29. The number of nitrogens with zero attached hydrogens (tertiary/aromatic N) is 3. The van der Waals surface area contributed by atoms with Crippen LogP contribution in [0.4, 0.5) is 5.69 Å². The molecule has 2 aromatic carbocycles. The third-order valence-electron chi connectivity index (χ3n) is 4.82. The molecule has 0 bridgehead atoms. The van der Waals surface area contributed by atoms with Crippen molar-refractivity contribution in [1.82, 2.24) is 0 Å². The molecule has 156 valence electrons. The number of hydrogen-bond acceptors (Lipinski definition) is 6. The molecule has 1 unspecified atom stereocenters. The van der Waals surface area contributed by atoms with E-state index in [0.29, 0.717) is 17.1 Å². The predicted molar refractivity (Wildman–Crippen MR) is 122 cm³/mol. The Morgan fingerprint density at radius 3 is 2.71 bits per heavy atom. The number of benzene rings is 2. The van der Waals surface area contributed by atoms with E-state index >= 15 is 0 Å². The van der Waals surface area contributed by atoms with Crippen LogP contribution in [0, 0.1) is 5.41 Å². The number of amides is 1. The number of ether oxygens (including phenoxy) is 1. The van der Waals surface area contributed by atoms with Gasteiger partial charge in [0.25, 0.3) is 11.9 Å². The fourth-order valence-corrected chi connectivity index (χ4v) is 3.33. The third kappa shape index (κ3) is 4.58. The largest absolute Gasteiger partial charge is 0.405 e. The lowest BCUT2D eigenvalue weighted by Gasteiger charge is -2.12. The molecule has 8 heteroatoms. The number of para-hydroxylation sites is 1. The number of nitrogens with two attached hydrogens (primary N) is 1. The Morgan fingerprint density at radius 1 is 1.19 bits per heavy atom. The van der Waals surface area contributed by atoms with Crippen molar-refractivity contribution in [2.45, 2.75) is 25.9 Å². The van der Waals surface area contributed by atoms with Crippen molar-refractivity contribution in [3.05, 3.63) is 77.5 Å². The van der Waals surface area contributed by atoms with Gasteiger partial charge in [-0.25, -0.2) is 4.99 Å². The number of aliphatic imine (C=N–C) groups is 3. The van der Waals surface area contributed by atoms with Crippen molar-refractivity contribution in [1.29, 1.82) is 5.41 Å². The predicted octanol–water partition coefficient (Wildman–Crippen LogP) is 3.25. The molecule has 0 aromatic heterocycles. The van der Waals surface area contributed by atoms with Crippen LogP contribution >= 0.6 is 0 Å². The first-order valence-corrected chi connectivity index (χ1v) is 9.89. The van der Waals surface area contributed by atoms with Gasteiger partial charge in [-0.3, -0.25) is 15.2 Å². The van der Waals surface area contributed by atoms with Crippen LogP contribution in [-0.2, 0) is 9.53 Å². The van der Waals surface area contributed by atoms with Crippen LogP contribution in [0.1, 0.15) is 30.9 Å². The van der Waals surface area contributed by atoms with Gasteiger partial charge in [0.15, 0.2) is 0 Å². The molecule has 0 fully saturated rings. The number of carbonyl (C=O) groups excluding carboxylic acids is 1. The lowest BCUT2D eigenvalue weighted by molar-refractivity contribution is -0.117. The monoisotopic (exact) mass is 414 g/mol. The highest BCUT2D eigenvalue weighted by Gasteiger charge is 2.26. The number of carbonyl (C=O) groups is 1. The molecule has 1 atom stereocenters. The molecule has 0 aliphatic carbocycles. The second kappa shape index (κ2) is 8.74. The minimum Gasteiger partial charge on any atom is -0.405 e. The SMILES string of the molecule is CC1=NC(C(=N)OC(N)=NC2N=C(c3ccccc3)c3ccccc3NC2=O)=CCC1. The Bertz CT molecular complexity index is 1150. The van der Waals surface area contributed by atoms with E-state index in [-0.39, 0.29) is 11.9 Å². The molecule has 1 amide bonds. The molecule has 8 nitrogen and oxygen atoms in total. The van der Waals surface area contributed by atoms with E-state index in [1.165, 1.54) is 0 Å². The van der Waals surface area contributed by atoms with E-state index in [1.54, 1.807) is 0 Å². The maximum atomic E-state index is 12.8. The highest BCUT2D eigenvalue weighted by molar-refractivity contribution is 6.19. The van der Waals surface area contributed by atoms with Gasteiger partial charge < -0.3 is 15.8 Å². The standard InChI is InChI=1S/C23H22N6O2/c1-14-8-7-13-18(26-14)20(24)31-23(25)29-21-22(30)27-17-12-6-5-11-16(17)19(28-21)15-9-3-2-4-10-15/h2-6,9-13,21,24H,7-8H2,1H3,(H2,25,29)(H,27,30). The average Bonchev–Trinajstić information content (AvgIpc) is 2.90. The van der Waals surface area contributed by atoms with Crippen molar-refractivity contribution in [3.63, 3.8) is 0 Å². The van der Waals surface area contributed by atoms with Gasteiger partial charge in [-0.05, 0) is 25.8 Å². The van der Waals surface area contributed by atoms with Crippen LogP contribution in [-0.4, -0.2) is 35.4 Å². The molecule has 0 saturated heterocycles. The van der Waals surface area contributed by atoms with Crippen molar-refractivity contribution < 1.29 is 9.53 Å².